The maximum Gasteiger partial charge on any atom is 0.342 e. The van der Waals surface area contributed by atoms with Crippen molar-refractivity contribution in [3.63, 3.8) is 0 Å². The number of carbonyl (C=O) groups is 1. The number of hydrogen-bond donors (Lipinski definition) is 1. The Hall–Kier alpha value is -2.23. The molecule has 0 saturated heterocycles. The summed E-state index contributed by atoms with van der Waals surface area (Å²) >= 11 is 0. The van der Waals surface area contributed by atoms with Crippen LogP contribution < -0.4 is 4.74 Å². The van der Waals surface area contributed by atoms with Gasteiger partial charge in [-0.25, -0.2) is 4.79 Å². The minimum atomic E-state index is -0.611. The van der Waals surface area contributed by atoms with Crippen molar-refractivity contribution in [1.29, 1.82) is 0 Å². The molecule has 1 aromatic rings. The molecule has 0 aromatic heterocycles. The highest BCUT2D eigenvalue weighted by Gasteiger charge is 2.46. The van der Waals surface area contributed by atoms with Gasteiger partial charge < -0.3 is 14.6 Å². The van der Waals surface area contributed by atoms with Gasteiger partial charge in [0.1, 0.15) is 28.3 Å². The summed E-state index contributed by atoms with van der Waals surface area (Å²) in [6, 6.07) is 2.02. The molecule has 0 unspecified atom stereocenters. The quantitative estimate of drug-likeness (QED) is 0.235. The summed E-state index contributed by atoms with van der Waals surface area (Å²) in [7, 11) is 0. The van der Waals surface area contributed by atoms with Crippen LogP contribution >= 0.6 is 0 Å². The van der Waals surface area contributed by atoms with Crippen molar-refractivity contribution < 1.29 is 19.4 Å². The number of hydrogen-bond acceptors (Lipinski definition) is 4. The number of allylic oxidation sites excluding steroid dienone is 4. The Morgan fingerprint density at radius 1 is 1.17 bits per heavy atom. The fourth-order valence-corrected chi connectivity index (χ4v) is 6.57. The predicted octanol–water partition coefficient (Wildman–Crippen LogP) is 8.42. The van der Waals surface area contributed by atoms with E-state index < -0.39 is 11.6 Å². The zero-order valence-electron chi connectivity index (χ0n) is 23.5. The minimum Gasteiger partial charge on any atom is -0.507 e. The molecule has 0 radical (unpaired) electrons. The average molecular weight is 495 g/mol. The zero-order chi connectivity index (χ0) is 26.3. The summed E-state index contributed by atoms with van der Waals surface area (Å²) in [6.07, 6.45) is 13.4. The molecule has 2 aliphatic carbocycles. The molecule has 4 heteroatoms. The van der Waals surface area contributed by atoms with Crippen LogP contribution in [0.25, 0.3) is 0 Å². The van der Waals surface area contributed by atoms with Crippen LogP contribution in [0.5, 0.6) is 11.5 Å². The van der Waals surface area contributed by atoms with Gasteiger partial charge in [-0.2, -0.15) is 0 Å². The van der Waals surface area contributed by atoms with E-state index in [0.717, 1.165) is 74.7 Å². The molecule has 0 amide bonds. The Bertz CT molecular complexity index is 1060. The van der Waals surface area contributed by atoms with Gasteiger partial charge in [0, 0.05) is 23.3 Å². The maximum atomic E-state index is 13.8. The number of ether oxygens (including phenoxy) is 2. The molecule has 4 nitrogen and oxygen atoms in total. The van der Waals surface area contributed by atoms with E-state index in [9.17, 15) is 9.90 Å². The van der Waals surface area contributed by atoms with Gasteiger partial charge >= 0.3 is 5.97 Å². The lowest BCUT2D eigenvalue weighted by atomic mass is 9.67. The summed E-state index contributed by atoms with van der Waals surface area (Å²) in [5.74, 6) is 0.939. The second-order valence-corrected chi connectivity index (χ2v) is 12.5. The van der Waals surface area contributed by atoms with E-state index in [-0.39, 0.29) is 29.1 Å². The van der Waals surface area contributed by atoms with Crippen molar-refractivity contribution in [2.75, 3.05) is 0 Å². The van der Waals surface area contributed by atoms with Crippen LogP contribution in [0, 0.1) is 11.8 Å². The number of aromatic hydroxyl groups is 1. The highest BCUT2D eigenvalue weighted by Crippen LogP contribution is 2.54. The van der Waals surface area contributed by atoms with Crippen LogP contribution in [0.1, 0.15) is 127 Å². The van der Waals surface area contributed by atoms with Crippen LogP contribution in [-0.2, 0) is 11.2 Å². The molecule has 36 heavy (non-hydrogen) atoms. The maximum absolute atomic E-state index is 13.8. The molecule has 1 aromatic carbocycles. The SMILES string of the molecule is CCCCCc1cc2c(c(O)c1C(=O)OC(C)(C)[C@@H]1CC=C(C)CC1)[C@@H]1C=C(C)CC[C@H]1C(C)(C)O2. The molecule has 0 saturated carbocycles. The first-order chi connectivity index (χ1) is 16.9. The zero-order valence-corrected chi connectivity index (χ0v) is 23.5. The van der Waals surface area contributed by atoms with Crippen molar-refractivity contribution in [3.8, 4) is 11.5 Å². The van der Waals surface area contributed by atoms with Crippen molar-refractivity contribution in [2.24, 2.45) is 11.8 Å². The number of esters is 1. The highest BCUT2D eigenvalue weighted by atomic mass is 16.6. The molecule has 0 bridgehead atoms. The number of phenolic OH excluding ortho intramolecular Hbond substituents is 1. The Morgan fingerprint density at radius 2 is 1.89 bits per heavy atom. The summed E-state index contributed by atoms with van der Waals surface area (Å²) in [5.41, 5.74) is 3.74. The van der Waals surface area contributed by atoms with E-state index in [0.29, 0.717) is 5.56 Å². The third-order valence-corrected chi connectivity index (χ3v) is 8.96. The molecule has 1 N–H and O–H groups in total. The van der Waals surface area contributed by atoms with Gasteiger partial charge in [0.15, 0.2) is 0 Å². The number of rotatable bonds is 7. The van der Waals surface area contributed by atoms with Gasteiger partial charge in [-0.15, -0.1) is 0 Å². The van der Waals surface area contributed by atoms with E-state index in [4.69, 9.17) is 9.47 Å². The van der Waals surface area contributed by atoms with Gasteiger partial charge in [-0.3, -0.25) is 0 Å². The molecule has 1 aliphatic heterocycles. The lowest BCUT2D eigenvalue weighted by Gasteiger charge is -2.46. The number of fused-ring (bicyclic) bond motifs is 3. The van der Waals surface area contributed by atoms with E-state index in [2.05, 4.69) is 46.8 Å². The summed E-state index contributed by atoms with van der Waals surface area (Å²) in [4.78, 5) is 13.8. The van der Waals surface area contributed by atoms with Crippen LogP contribution in [0.4, 0.5) is 0 Å². The van der Waals surface area contributed by atoms with Gasteiger partial charge in [-0.05, 0) is 98.1 Å². The molecule has 198 valence electrons. The third kappa shape index (κ3) is 5.24. The Labute approximate surface area is 218 Å². The van der Waals surface area contributed by atoms with Gasteiger partial charge in [0.05, 0.1) is 0 Å². The highest BCUT2D eigenvalue weighted by molar-refractivity contribution is 5.95. The second kappa shape index (κ2) is 10.3. The number of aryl methyl sites for hydroxylation is 1. The van der Waals surface area contributed by atoms with Gasteiger partial charge in [0.2, 0.25) is 0 Å². The second-order valence-electron chi connectivity index (χ2n) is 12.5. The topological polar surface area (TPSA) is 55.8 Å². The summed E-state index contributed by atoms with van der Waals surface area (Å²) in [6.45, 7) is 14.8. The van der Waals surface area contributed by atoms with Crippen molar-refractivity contribution >= 4 is 5.97 Å². The van der Waals surface area contributed by atoms with Crippen LogP contribution in [0.2, 0.25) is 0 Å². The lowest BCUT2D eigenvalue weighted by Crippen LogP contribution is -2.45. The smallest absolute Gasteiger partial charge is 0.342 e. The van der Waals surface area contributed by atoms with Crippen molar-refractivity contribution in [2.45, 2.75) is 123 Å². The first-order valence-electron chi connectivity index (χ1n) is 14.1. The number of benzene rings is 1. The standard InChI is InChI=1S/C32H46O4/c1-8-9-10-11-22-19-26-28(24-18-21(3)14-17-25(24)32(6,7)35-26)29(33)27(22)30(34)36-31(4,5)23-15-12-20(2)13-16-23/h12,18-19,23-25,33H,8-11,13-17H2,1-7H3/t23-,24-,25-/m1/s1. The first-order valence-corrected chi connectivity index (χ1v) is 14.1. The third-order valence-electron chi connectivity index (χ3n) is 8.96. The fourth-order valence-electron chi connectivity index (χ4n) is 6.57. The Morgan fingerprint density at radius 3 is 2.56 bits per heavy atom. The fraction of sp³-hybridized carbons (Fsp3) is 0.656. The Kier molecular flexibility index (Phi) is 7.65. The molecule has 0 fully saturated rings. The Balaban J connectivity index is 1.75. The largest absolute Gasteiger partial charge is 0.507 e. The van der Waals surface area contributed by atoms with Crippen molar-refractivity contribution in [1.82, 2.24) is 0 Å². The van der Waals surface area contributed by atoms with E-state index >= 15 is 0 Å². The van der Waals surface area contributed by atoms with E-state index in [1.165, 1.54) is 11.1 Å². The molecule has 4 rings (SSSR count). The summed E-state index contributed by atoms with van der Waals surface area (Å²) < 4.78 is 12.8. The molecular formula is C32H46O4. The lowest BCUT2D eigenvalue weighted by molar-refractivity contribution is -0.0326. The predicted molar refractivity (Wildman–Crippen MR) is 146 cm³/mol. The number of phenols is 1. The average Bonchev–Trinajstić information content (AvgIpc) is 2.78. The van der Waals surface area contributed by atoms with Gasteiger partial charge in [0.25, 0.3) is 0 Å². The van der Waals surface area contributed by atoms with Crippen LogP contribution in [0.3, 0.4) is 0 Å². The molecule has 0 spiro atoms. The van der Waals surface area contributed by atoms with Crippen LogP contribution in [-0.4, -0.2) is 22.3 Å². The molecule has 3 aliphatic rings. The van der Waals surface area contributed by atoms with Gasteiger partial charge in [-0.1, -0.05) is 43.1 Å². The van der Waals surface area contributed by atoms with Crippen molar-refractivity contribution in [3.05, 3.63) is 46.1 Å². The molecule has 3 atom stereocenters. The number of unbranched alkanes of at least 4 members (excludes halogenated alkanes) is 2. The van der Waals surface area contributed by atoms with E-state index in [1.807, 2.05) is 19.9 Å². The molecular weight excluding hydrogens is 448 g/mol. The minimum absolute atomic E-state index is 0.0354. The van der Waals surface area contributed by atoms with Crippen LogP contribution in [0.15, 0.2) is 29.4 Å². The molecule has 1 heterocycles. The first kappa shape index (κ1) is 26.8. The number of carbonyl (C=O) groups excluding carboxylic acids is 1. The normalized spacial score (nSPS) is 25.1. The summed E-state index contributed by atoms with van der Waals surface area (Å²) in [5, 5.41) is 11.8. The monoisotopic (exact) mass is 494 g/mol. The van der Waals surface area contributed by atoms with E-state index in [1.54, 1.807) is 0 Å².